The molecular formula is C13H16N2O2. The van der Waals surface area contributed by atoms with E-state index in [4.69, 9.17) is 4.74 Å². The highest BCUT2D eigenvalue weighted by Gasteiger charge is 2.23. The van der Waals surface area contributed by atoms with Gasteiger partial charge in [-0.25, -0.2) is 4.98 Å². The topological polar surface area (TPSA) is 55.0 Å². The fraction of sp³-hybridized carbons (Fsp3) is 0.385. The molecule has 2 aromatic rings. The number of carbonyl (C=O) groups is 1. The monoisotopic (exact) mass is 232 g/mol. The Kier molecular flexibility index (Phi) is 3.42. The molecule has 0 amide bonds. The van der Waals surface area contributed by atoms with Gasteiger partial charge in [0.05, 0.1) is 17.6 Å². The summed E-state index contributed by atoms with van der Waals surface area (Å²) in [5, 5.41) is 0. The Hall–Kier alpha value is -1.84. The molecule has 90 valence electrons. The zero-order valence-electron chi connectivity index (χ0n) is 10.1. The van der Waals surface area contributed by atoms with Crippen molar-refractivity contribution < 1.29 is 9.53 Å². The van der Waals surface area contributed by atoms with Crippen molar-refractivity contribution in [3.05, 3.63) is 30.1 Å². The summed E-state index contributed by atoms with van der Waals surface area (Å²) in [5.41, 5.74) is 1.83. The molecule has 0 saturated heterocycles. The van der Waals surface area contributed by atoms with Gasteiger partial charge in [-0.1, -0.05) is 19.1 Å². The van der Waals surface area contributed by atoms with Gasteiger partial charge >= 0.3 is 5.97 Å². The molecule has 1 atom stereocenters. The van der Waals surface area contributed by atoms with Crippen LogP contribution in [0.25, 0.3) is 11.0 Å². The predicted octanol–water partition coefficient (Wildman–Crippen LogP) is 2.62. The van der Waals surface area contributed by atoms with Crippen molar-refractivity contribution in [3.8, 4) is 0 Å². The van der Waals surface area contributed by atoms with Gasteiger partial charge in [0, 0.05) is 0 Å². The summed E-state index contributed by atoms with van der Waals surface area (Å²) >= 11 is 0. The molecule has 2 rings (SSSR count). The summed E-state index contributed by atoms with van der Waals surface area (Å²) in [4.78, 5) is 19.4. The first kappa shape index (κ1) is 11.6. The molecule has 1 aromatic carbocycles. The Balaban J connectivity index is 2.33. The third-order valence-corrected chi connectivity index (χ3v) is 2.72. The number of benzene rings is 1. The Morgan fingerprint density at radius 1 is 1.41 bits per heavy atom. The van der Waals surface area contributed by atoms with Crippen LogP contribution in [0.1, 0.15) is 32.0 Å². The number of H-pyrrole nitrogens is 1. The smallest absolute Gasteiger partial charge is 0.316 e. The van der Waals surface area contributed by atoms with Gasteiger partial charge in [0.25, 0.3) is 0 Å². The Bertz CT molecular complexity index is 486. The molecule has 4 heteroatoms. The van der Waals surface area contributed by atoms with Gasteiger partial charge in [-0.3, -0.25) is 4.79 Å². The lowest BCUT2D eigenvalue weighted by atomic mass is 10.1. The van der Waals surface area contributed by atoms with E-state index in [0.29, 0.717) is 18.9 Å². The minimum Gasteiger partial charge on any atom is -0.465 e. The summed E-state index contributed by atoms with van der Waals surface area (Å²) < 4.78 is 5.05. The third kappa shape index (κ3) is 2.30. The van der Waals surface area contributed by atoms with E-state index in [0.717, 1.165) is 11.0 Å². The summed E-state index contributed by atoms with van der Waals surface area (Å²) in [6.45, 7) is 4.16. The van der Waals surface area contributed by atoms with Crippen molar-refractivity contribution >= 4 is 17.0 Å². The fourth-order valence-corrected chi connectivity index (χ4v) is 1.85. The van der Waals surface area contributed by atoms with Crippen LogP contribution in [-0.4, -0.2) is 22.5 Å². The second kappa shape index (κ2) is 4.99. The van der Waals surface area contributed by atoms with Crippen molar-refractivity contribution in [2.45, 2.75) is 26.2 Å². The van der Waals surface area contributed by atoms with Crippen LogP contribution in [0, 0.1) is 0 Å². The third-order valence-electron chi connectivity index (χ3n) is 2.72. The highest BCUT2D eigenvalue weighted by atomic mass is 16.5. The van der Waals surface area contributed by atoms with Crippen LogP contribution in [0.2, 0.25) is 0 Å². The van der Waals surface area contributed by atoms with E-state index in [1.54, 1.807) is 0 Å². The number of hydrogen-bond acceptors (Lipinski definition) is 3. The minimum absolute atomic E-state index is 0.214. The van der Waals surface area contributed by atoms with E-state index in [2.05, 4.69) is 9.97 Å². The second-order valence-corrected chi connectivity index (χ2v) is 3.85. The minimum atomic E-state index is -0.303. The van der Waals surface area contributed by atoms with Gasteiger partial charge in [-0.15, -0.1) is 0 Å². The predicted molar refractivity (Wildman–Crippen MR) is 65.8 cm³/mol. The molecule has 0 aliphatic carbocycles. The number of esters is 1. The Labute approximate surface area is 100 Å². The lowest BCUT2D eigenvalue weighted by Gasteiger charge is -2.10. The van der Waals surface area contributed by atoms with E-state index in [1.165, 1.54) is 0 Å². The number of aromatic amines is 1. The maximum atomic E-state index is 11.8. The normalized spacial score (nSPS) is 12.6. The van der Waals surface area contributed by atoms with E-state index < -0.39 is 0 Å². The molecule has 1 N–H and O–H groups in total. The highest BCUT2D eigenvalue weighted by molar-refractivity contribution is 5.80. The largest absolute Gasteiger partial charge is 0.465 e. The summed E-state index contributed by atoms with van der Waals surface area (Å²) in [7, 11) is 0. The number of rotatable bonds is 4. The van der Waals surface area contributed by atoms with Gasteiger partial charge in [0.1, 0.15) is 11.7 Å². The molecule has 1 heterocycles. The van der Waals surface area contributed by atoms with Gasteiger partial charge in [-0.05, 0) is 25.5 Å². The zero-order chi connectivity index (χ0) is 12.3. The van der Waals surface area contributed by atoms with Crippen molar-refractivity contribution in [1.82, 2.24) is 9.97 Å². The fourth-order valence-electron chi connectivity index (χ4n) is 1.85. The number of para-hydroxylation sites is 2. The summed E-state index contributed by atoms with van der Waals surface area (Å²) in [6.07, 6.45) is 0.679. The molecule has 1 aromatic heterocycles. The Morgan fingerprint density at radius 3 is 2.82 bits per heavy atom. The number of aromatic nitrogens is 2. The van der Waals surface area contributed by atoms with Crippen LogP contribution in [0.5, 0.6) is 0 Å². The van der Waals surface area contributed by atoms with Crippen molar-refractivity contribution in [1.29, 1.82) is 0 Å². The molecule has 17 heavy (non-hydrogen) atoms. The number of ether oxygens (including phenoxy) is 1. The van der Waals surface area contributed by atoms with E-state index >= 15 is 0 Å². The van der Waals surface area contributed by atoms with Gasteiger partial charge in [-0.2, -0.15) is 0 Å². The molecule has 0 aliphatic rings. The second-order valence-electron chi connectivity index (χ2n) is 3.85. The lowest BCUT2D eigenvalue weighted by molar-refractivity contribution is -0.145. The molecule has 0 fully saturated rings. The molecule has 1 unspecified atom stereocenters. The van der Waals surface area contributed by atoms with Crippen LogP contribution < -0.4 is 0 Å². The summed E-state index contributed by atoms with van der Waals surface area (Å²) in [5.74, 6) is 0.170. The molecule has 0 saturated carbocycles. The molecular weight excluding hydrogens is 216 g/mol. The maximum absolute atomic E-state index is 11.8. The average molecular weight is 232 g/mol. The Morgan fingerprint density at radius 2 is 2.18 bits per heavy atom. The van der Waals surface area contributed by atoms with E-state index in [9.17, 15) is 4.79 Å². The number of nitrogens with zero attached hydrogens (tertiary/aromatic N) is 1. The maximum Gasteiger partial charge on any atom is 0.316 e. The van der Waals surface area contributed by atoms with Gasteiger partial charge < -0.3 is 9.72 Å². The first-order chi connectivity index (χ1) is 8.26. The van der Waals surface area contributed by atoms with Crippen LogP contribution in [-0.2, 0) is 9.53 Å². The molecule has 0 spiro atoms. The summed E-state index contributed by atoms with van der Waals surface area (Å²) in [6, 6.07) is 7.74. The number of fused-ring (bicyclic) bond motifs is 1. The van der Waals surface area contributed by atoms with Crippen LogP contribution in [0.15, 0.2) is 24.3 Å². The van der Waals surface area contributed by atoms with Crippen LogP contribution in [0.4, 0.5) is 0 Å². The number of carbonyl (C=O) groups excluding carboxylic acids is 1. The van der Waals surface area contributed by atoms with Gasteiger partial charge in [0.15, 0.2) is 0 Å². The first-order valence-electron chi connectivity index (χ1n) is 5.87. The zero-order valence-corrected chi connectivity index (χ0v) is 10.1. The van der Waals surface area contributed by atoms with E-state index in [-0.39, 0.29) is 11.9 Å². The molecule has 0 aliphatic heterocycles. The molecule has 0 bridgehead atoms. The van der Waals surface area contributed by atoms with Crippen LogP contribution in [0.3, 0.4) is 0 Å². The highest BCUT2D eigenvalue weighted by Crippen LogP contribution is 2.21. The van der Waals surface area contributed by atoms with Crippen LogP contribution >= 0.6 is 0 Å². The molecule has 4 nitrogen and oxygen atoms in total. The SMILES string of the molecule is CCOC(=O)C(CC)c1nc2ccccc2[nH]1. The number of hydrogen-bond donors (Lipinski definition) is 1. The van der Waals surface area contributed by atoms with Crippen molar-refractivity contribution in [3.63, 3.8) is 0 Å². The van der Waals surface area contributed by atoms with E-state index in [1.807, 2.05) is 38.1 Å². The number of nitrogens with one attached hydrogen (secondary N) is 1. The van der Waals surface area contributed by atoms with Crippen molar-refractivity contribution in [2.75, 3.05) is 6.61 Å². The van der Waals surface area contributed by atoms with Gasteiger partial charge in [0.2, 0.25) is 0 Å². The first-order valence-corrected chi connectivity index (χ1v) is 5.87. The quantitative estimate of drug-likeness (QED) is 0.824. The standard InChI is InChI=1S/C13H16N2O2/c1-3-9(13(16)17-4-2)12-14-10-7-5-6-8-11(10)15-12/h5-9H,3-4H2,1-2H3,(H,14,15). The lowest BCUT2D eigenvalue weighted by Crippen LogP contribution is -2.16. The van der Waals surface area contributed by atoms with Crippen molar-refractivity contribution in [2.24, 2.45) is 0 Å². The average Bonchev–Trinajstić information content (AvgIpc) is 2.73. The molecule has 0 radical (unpaired) electrons. The number of imidazole rings is 1.